The summed E-state index contributed by atoms with van der Waals surface area (Å²) in [6.45, 7) is 1.53. The topological polar surface area (TPSA) is 120 Å². The molecule has 1 aliphatic heterocycles. The van der Waals surface area contributed by atoms with Gasteiger partial charge >= 0.3 is 11.9 Å². The Morgan fingerprint density at radius 3 is 2.50 bits per heavy atom. The van der Waals surface area contributed by atoms with Crippen LogP contribution in [0.4, 0.5) is 0 Å². The smallest absolute Gasteiger partial charge is 0.328 e. The van der Waals surface area contributed by atoms with Crippen molar-refractivity contribution in [2.24, 2.45) is 0 Å². The Morgan fingerprint density at radius 2 is 1.96 bits per heavy atom. The molecule has 0 aliphatic carbocycles. The van der Waals surface area contributed by atoms with Crippen LogP contribution < -0.4 is 4.74 Å². The molecule has 2 rings (SSSR count). The Hall–Kier alpha value is -2.94. The van der Waals surface area contributed by atoms with Gasteiger partial charge in [-0.15, -0.1) is 0 Å². The van der Waals surface area contributed by atoms with Crippen LogP contribution in [0.3, 0.4) is 0 Å². The molecule has 0 saturated heterocycles. The number of fused-ring (bicyclic) bond motifs is 1. The zero-order valence-electron chi connectivity index (χ0n) is 15.0. The van der Waals surface area contributed by atoms with E-state index in [9.17, 15) is 14.4 Å². The van der Waals surface area contributed by atoms with Gasteiger partial charge in [-0.3, -0.25) is 4.79 Å². The number of rotatable bonds is 5. The number of carbonyl (C=O) groups is 3. The Labute approximate surface area is 151 Å². The lowest BCUT2D eigenvalue weighted by Crippen LogP contribution is -2.35. The first kappa shape index (κ1) is 21.1. The fourth-order valence-electron chi connectivity index (χ4n) is 2.13. The molecular weight excluding hydrogens is 342 g/mol. The van der Waals surface area contributed by atoms with Crippen LogP contribution in [-0.4, -0.2) is 83.2 Å². The molecule has 9 nitrogen and oxygen atoms in total. The van der Waals surface area contributed by atoms with E-state index in [1.54, 1.807) is 24.2 Å². The summed E-state index contributed by atoms with van der Waals surface area (Å²) in [5.74, 6) is -1.99. The molecule has 0 saturated carbocycles. The van der Waals surface area contributed by atoms with Gasteiger partial charge in [0.1, 0.15) is 6.10 Å². The van der Waals surface area contributed by atoms with E-state index in [2.05, 4.69) is 9.88 Å². The van der Waals surface area contributed by atoms with Crippen molar-refractivity contribution >= 4 is 17.8 Å². The standard InChI is InChI=1S/C13H19N3O2.C4H4O4/c1-15(2)8-6-10-9-16(3)13(17)12-11(18-10)5-4-7-14-12;5-3(6)1-2-4(7)8/h4-5,7,10H,6,8-9H2,1-3H3;1-2H,(H,5,6)(H,7,8)/b;2-1+. The highest BCUT2D eigenvalue weighted by Gasteiger charge is 2.27. The van der Waals surface area contributed by atoms with E-state index >= 15 is 0 Å². The van der Waals surface area contributed by atoms with E-state index in [4.69, 9.17) is 14.9 Å². The molecule has 0 spiro atoms. The Kier molecular flexibility index (Phi) is 8.23. The minimum atomic E-state index is -1.26. The number of nitrogens with zero attached hydrogens (tertiary/aromatic N) is 3. The maximum absolute atomic E-state index is 12.1. The third-order valence-electron chi connectivity index (χ3n) is 3.36. The summed E-state index contributed by atoms with van der Waals surface area (Å²) < 4.78 is 5.90. The van der Waals surface area contributed by atoms with E-state index in [0.717, 1.165) is 13.0 Å². The van der Waals surface area contributed by atoms with Crippen LogP contribution >= 0.6 is 0 Å². The molecule has 1 unspecified atom stereocenters. The van der Waals surface area contributed by atoms with Gasteiger partial charge < -0.3 is 24.7 Å². The monoisotopic (exact) mass is 365 g/mol. The summed E-state index contributed by atoms with van der Waals surface area (Å²) in [7, 11) is 5.85. The molecular formula is C17H23N3O6. The van der Waals surface area contributed by atoms with E-state index in [1.807, 2.05) is 20.2 Å². The highest BCUT2D eigenvalue weighted by molar-refractivity contribution is 5.95. The summed E-state index contributed by atoms with van der Waals surface area (Å²) >= 11 is 0. The molecule has 2 heterocycles. The lowest BCUT2D eigenvalue weighted by molar-refractivity contribution is -0.134. The second kappa shape index (κ2) is 10.1. The zero-order valence-corrected chi connectivity index (χ0v) is 15.0. The van der Waals surface area contributed by atoms with Gasteiger partial charge in [-0.1, -0.05) is 0 Å². The molecule has 142 valence electrons. The van der Waals surface area contributed by atoms with Gasteiger partial charge in [0.05, 0.1) is 6.54 Å². The SMILES string of the molecule is CN(C)CCC1CN(C)C(=O)c2ncccc2O1.O=C(O)/C=C/C(=O)O. The van der Waals surface area contributed by atoms with Gasteiger partial charge in [-0.25, -0.2) is 14.6 Å². The van der Waals surface area contributed by atoms with E-state index in [-0.39, 0.29) is 12.0 Å². The Balaban J connectivity index is 0.000000359. The van der Waals surface area contributed by atoms with Crippen LogP contribution in [-0.2, 0) is 9.59 Å². The molecule has 0 aromatic carbocycles. The van der Waals surface area contributed by atoms with Gasteiger partial charge in [-0.05, 0) is 32.6 Å². The van der Waals surface area contributed by atoms with Crippen LogP contribution in [0.5, 0.6) is 5.75 Å². The molecule has 2 N–H and O–H groups in total. The van der Waals surface area contributed by atoms with Crippen LogP contribution in [0.25, 0.3) is 0 Å². The molecule has 1 aliphatic rings. The van der Waals surface area contributed by atoms with Gasteiger partial charge in [0.25, 0.3) is 5.91 Å². The van der Waals surface area contributed by atoms with Crippen molar-refractivity contribution in [3.05, 3.63) is 36.2 Å². The largest absolute Gasteiger partial charge is 0.486 e. The average Bonchev–Trinajstić information content (AvgIpc) is 2.69. The molecule has 26 heavy (non-hydrogen) atoms. The molecule has 1 amide bonds. The zero-order chi connectivity index (χ0) is 19.7. The third-order valence-corrected chi connectivity index (χ3v) is 3.36. The average molecular weight is 365 g/mol. The predicted molar refractivity (Wildman–Crippen MR) is 93.2 cm³/mol. The highest BCUT2D eigenvalue weighted by Crippen LogP contribution is 2.23. The minimum Gasteiger partial charge on any atom is -0.486 e. The third kappa shape index (κ3) is 7.31. The van der Waals surface area contributed by atoms with E-state index in [0.29, 0.717) is 30.1 Å². The van der Waals surface area contributed by atoms with Crippen molar-refractivity contribution in [2.75, 3.05) is 34.2 Å². The number of hydrogen-bond donors (Lipinski definition) is 2. The summed E-state index contributed by atoms with van der Waals surface area (Å²) in [4.78, 5) is 39.1. The van der Waals surface area contributed by atoms with Gasteiger partial charge in [0.15, 0.2) is 11.4 Å². The van der Waals surface area contributed by atoms with E-state index < -0.39 is 11.9 Å². The number of likely N-dealkylation sites (N-methyl/N-ethyl adjacent to an activating group) is 1. The first-order valence-electron chi connectivity index (χ1n) is 7.86. The molecule has 0 bridgehead atoms. The second-order valence-corrected chi connectivity index (χ2v) is 5.88. The van der Waals surface area contributed by atoms with Gasteiger partial charge in [-0.2, -0.15) is 0 Å². The molecule has 0 fully saturated rings. The number of amides is 1. The van der Waals surface area contributed by atoms with Crippen molar-refractivity contribution in [1.82, 2.24) is 14.8 Å². The molecule has 1 atom stereocenters. The molecule has 1 aromatic heterocycles. The fraction of sp³-hybridized carbons (Fsp3) is 0.412. The molecule has 1 aromatic rings. The number of aliphatic carboxylic acids is 2. The normalized spacial score (nSPS) is 16.4. The van der Waals surface area contributed by atoms with Gasteiger partial charge in [0.2, 0.25) is 0 Å². The maximum Gasteiger partial charge on any atom is 0.328 e. The van der Waals surface area contributed by atoms with E-state index in [1.165, 1.54) is 0 Å². The molecule has 0 radical (unpaired) electrons. The summed E-state index contributed by atoms with van der Waals surface area (Å²) in [6, 6.07) is 3.60. The summed E-state index contributed by atoms with van der Waals surface area (Å²) in [5.41, 5.74) is 0.410. The minimum absolute atomic E-state index is 0.0202. The predicted octanol–water partition coefficient (Wildman–Crippen LogP) is 0.578. The number of pyridine rings is 1. The number of carboxylic acids is 2. The number of aromatic nitrogens is 1. The fourth-order valence-corrected chi connectivity index (χ4v) is 2.13. The Bertz CT molecular complexity index is 658. The van der Waals surface area contributed by atoms with Crippen molar-refractivity contribution in [2.45, 2.75) is 12.5 Å². The number of hydrogen-bond acceptors (Lipinski definition) is 6. The number of ether oxygens (including phenoxy) is 1. The first-order chi connectivity index (χ1) is 12.2. The van der Waals surface area contributed by atoms with Gasteiger partial charge in [0, 0.05) is 31.9 Å². The van der Waals surface area contributed by atoms with Crippen LogP contribution in [0.2, 0.25) is 0 Å². The van der Waals surface area contributed by atoms with Crippen LogP contribution in [0.15, 0.2) is 30.5 Å². The summed E-state index contributed by atoms with van der Waals surface area (Å²) in [6.07, 6.45) is 3.64. The van der Waals surface area contributed by atoms with Crippen molar-refractivity contribution in [3.8, 4) is 5.75 Å². The first-order valence-corrected chi connectivity index (χ1v) is 7.86. The van der Waals surface area contributed by atoms with Crippen LogP contribution in [0.1, 0.15) is 16.9 Å². The van der Waals surface area contributed by atoms with Crippen molar-refractivity contribution in [3.63, 3.8) is 0 Å². The molecule has 9 heteroatoms. The summed E-state index contributed by atoms with van der Waals surface area (Å²) in [5, 5.41) is 15.6. The van der Waals surface area contributed by atoms with Crippen molar-refractivity contribution in [1.29, 1.82) is 0 Å². The Morgan fingerprint density at radius 1 is 1.35 bits per heavy atom. The lowest BCUT2D eigenvalue weighted by atomic mass is 10.2. The highest BCUT2D eigenvalue weighted by atomic mass is 16.5. The van der Waals surface area contributed by atoms with Crippen LogP contribution in [0, 0.1) is 0 Å². The second-order valence-electron chi connectivity index (χ2n) is 5.88. The number of carbonyl (C=O) groups excluding carboxylic acids is 1. The maximum atomic E-state index is 12.1. The van der Waals surface area contributed by atoms with Crippen molar-refractivity contribution < 1.29 is 29.3 Å². The quantitative estimate of drug-likeness (QED) is 0.727. The lowest BCUT2D eigenvalue weighted by Gasteiger charge is -2.21. The number of carboxylic acid groups (broad SMARTS) is 2.